The van der Waals surface area contributed by atoms with Crippen molar-refractivity contribution in [3.05, 3.63) is 11.6 Å². The summed E-state index contributed by atoms with van der Waals surface area (Å²) in [5, 5.41) is 46.6. The Morgan fingerprint density at radius 3 is 2.13 bits per heavy atom. The Morgan fingerprint density at radius 2 is 1.55 bits per heavy atom. The van der Waals surface area contributed by atoms with Gasteiger partial charge in [0.05, 0.1) is 47.6 Å². The monoisotopic (exact) mass is 755 g/mol. The molecule has 0 unspecified atom stereocenters. The van der Waals surface area contributed by atoms with Crippen molar-refractivity contribution in [1.29, 1.82) is 0 Å². The highest BCUT2D eigenvalue weighted by Gasteiger charge is 2.52. The van der Waals surface area contributed by atoms with Crippen molar-refractivity contribution in [3.63, 3.8) is 0 Å². The minimum absolute atomic E-state index is 0.0488. The van der Waals surface area contributed by atoms with Crippen LogP contribution in [0.1, 0.15) is 101 Å². The Balaban J connectivity index is 1.83. The number of hydrogen-bond donors (Lipinski definition) is 4. The first-order chi connectivity index (χ1) is 24.6. The molecular formula is C40H69NO12. The SMILES string of the molecule is CO[C@]1(C)C[C@H](O[C@H]2[C@H](C)[C@@H](O[C@@H]3O[C@H](C)C[C@H](N(C)C)[C@H]3O)[C@](C)(O)C[C@@H](C)C(=O)[C@H](C)[C@@H](O)[C@@H](C)[C@@H](C3=CCCC3)OC(=O)[C@@H]2C)O[C@@H](C)[C@@H]1O. The summed E-state index contributed by atoms with van der Waals surface area (Å²) >= 11 is 0. The summed E-state index contributed by atoms with van der Waals surface area (Å²) in [6.07, 6.45) is -4.01. The molecule has 0 aromatic heterocycles. The van der Waals surface area contributed by atoms with E-state index in [1.165, 1.54) is 7.11 Å². The molecule has 3 aliphatic heterocycles. The van der Waals surface area contributed by atoms with E-state index in [0.717, 1.165) is 18.4 Å². The van der Waals surface area contributed by atoms with Crippen LogP contribution in [0.25, 0.3) is 0 Å². The fraction of sp³-hybridized carbons (Fsp3) is 0.900. The molecule has 4 rings (SSSR count). The normalized spacial score (nSPS) is 48.3. The van der Waals surface area contributed by atoms with Gasteiger partial charge in [-0.15, -0.1) is 0 Å². The molecule has 0 radical (unpaired) electrons. The van der Waals surface area contributed by atoms with Gasteiger partial charge in [-0.05, 0) is 86.4 Å². The number of rotatable bonds is 7. The zero-order chi connectivity index (χ0) is 39.7. The van der Waals surface area contributed by atoms with E-state index in [-0.39, 0.29) is 30.8 Å². The number of carbonyl (C=O) groups is 2. The van der Waals surface area contributed by atoms with Gasteiger partial charge < -0.3 is 53.7 Å². The van der Waals surface area contributed by atoms with Crippen LogP contribution < -0.4 is 0 Å². The van der Waals surface area contributed by atoms with Crippen LogP contribution in [0.5, 0.6) is 0 Å². The Hall–Kier alpha value is -1.52. The molecule has 13 nitrogen and oxygen atoms in total. The van der Waals surface area contributed by atoms with Crippen molar-refractivity contribution in [3.8, 4) is 0 Å². The highest BCUT2D eigenvalue weighted by molar-refractivity contribution is 5.83. The van der Waals surface area contributed by atoms with Crippen molar-refractivity contribution >= 4 is 11.8 Å². The molecule has 4 aliphatic rings. The molecule has 3 saturated heterocycles. The molecule has 4 N–H and O–H groups in total. The van der Waals surface area contributed by atoms with Gasteiger partial charge in [-0.3, -0.25) is 9.59 Å². The molecule has 18 atom stereocenters. The average Bonchev–Trinajstić information content (AvgIpc) is 3.64. The molecule has 0 amide bonds. The average molecular weight is 756 g/mol. The van der Waals surface area contributed by atoms with Crippen molar-refractivity contribution in [1.82, 2.24) is 4.90 Å². The van der Waals surface area contributed by atoms with Crippen molar-refractivity contribution in [2.24, 2.45) is 29.6 Å². The predicted molar refractivity (Wildman–Crippen MR) is 196 cm³/mol. The number of methoxy groups -OCH3 is 1. The number of ether oxygens (including phenoxy) is 6. The second-order valence-corrected chi connectivity index (χ2v) is 17.3. The first kappa shape index (κ1) is 44.2. The molecule has 0 saturated carbocycles. The molecule has 306 valence electrons. The minimum atomic E-state index is -1.73. The van der Waals surface area contributed by atoms with Crippen molar-refractivity contribution in [2.45, 2.75) is 179 Å². The fourth-order valence-corrected chi connectivity index (χ4v) is 9.20. The quantitative estimate of drug-likeness (QED) is 0.220. The number of esters is 1. The number of aliphatic hydroxyl groups excluding tert-OH is 3. The zero-order valence-corrected chi connectivity index (χ0v) is 34.1. The standard InChI is InChI=1S/C40H69NO12/c1-20-18-39(8,47)36(53-38-32(44)28(41(10)11)17-21(2)49-38)24(5)33(51-29-19-40(9,48-12)35(45)26(7)50-29)25(6)37(46)52-34(27-15-13-14-16-27)23(4)31(43)22(3)30(20)42/h15,20-26,28-29,31-36,38,43-45,47H,13-14,16-19H2,1-12H3/t20-,21-,22+,23-,24+,25-,26+,28+,29+,31-,32-,33+,34+,35+,36-,38+,39-,40-/m1/s1. The topological polar surface area (TPSA) is 174 Å². The lowest BCUT2D eigenvalue weighted by molar-refractivity contribution is -0.317. The summed E-state index contributed by atoms with van der Waals surface area (Å²) < 4.78 is 37.8. The van der Waals surface area contributed by atoms with Crippen LogP contribution >= 0.6 is 0 Å². The van der Waals surface area contributed by atoms with E-state index in [4.69, 9.17) is 28.4 Å². The molecular weight excluding hydrogens is 686 g/mol. The van der Waals surface area contributed by atoms with Gasteiger partial charge in [-0.25, -0.2) is 0 Å². The number of aliphatic hydroxyl groups is 4. The Kier molecular flexibility index (Phi) is 14.8. The summed E-state index contributed by atoms with van der Waals surface area (Å²) in [5.74, 6) is -4.68. The van der Waals surface area contributed by atoms with E-state index < -0.39 is 102 Å². The summed E-state index contributed by atoms with van der Waals surface area (Å²) in [5.41, 5.74) is -1.84. The number of allylic oxidation sites excluding steroid dienone is 1. The van der Waals surface area contributed by atoms with Gasteiger partial charge in [0.1, 0.15) is 24.1 Å². The lowest BCUT2D eigenvalue weighted by Crippen LogP contribution is -2.60. The van der Waals surface area contributed by atoms with Gasteiger partial charge in [0.2, 0.25) is 0 Å². The first-order valence-corrected chi connectivity index (χ1v) is 19.7. The molecule has 0 aromatic carbocycles. The third kappa shape index (κ3) is 9.72. The zero-order valence-electron chi connectivity index (χ0n) is 34.1. The van der Waals surface area contributed by atoms with Gasteiger partial charge >= 0.3 is 5.97 Å². The summed E-state index contributed by atoms with van der Waals surface area (Å²) in [6, 6.07) is -0.301. The van der Waals surface area contributed by atoms with Gasteiger partial charge in [0.25, 0.3) is 0 Å². The molecule has 53 heavy (non-hydrogen) atoms. The fourth-order valence-electron chi connectivity index (χ4n) is 9.20. The van der Waals surface area contributed by atoms with Crippen molar-refractivity contribution < 1.29 is 58.4 Å². The molecule has 13 heteroatoms. The van der Waals surface area contributed by atoms with Crippen LogP contribution in [0, 0.1) is 29.6 Å². The van der Waals surface area contributed by atoms with Gasteiger partial charge in [0, 0.05) is 43.2 Å². The molecule has 3 heterocycles. The van der Waals surface area contributed by atoms with E-state index in [1.54, 1.807) is 55.4 Å². The van der Waals surface area contributed by atoms with Gasteiger partial charge in [0.15, 0.2) is 12.6 Å². The van der Waals surface area contributed by atoms with E-state index in [0.29, 0.717) is 12.8 Å². The number of likely N-dealkylation sites (N-methyl/N-ethyl adjacent to an activating group) is 1. The highest BCUT2D eigenvalue weighted by atomic mass is 16.7. The Labute approximate surface area is 316 Å². The maximum absolute atomic E-state index is 14.4. The van der Waals surface area contributed by atoms with E-state index in [2.05, 4.69) is 0 Å². The maximum atomic E-state index is 14.4. The lowest BCUT2D eigenvalue weighted by atomic mass is 9.74. The van der Waals surface area contributed by atoms with Crippen LogP contribution in [-0.2, 0) is 38.0 Å². The number of ketones is 1. The number of hydrogen-bond acceptors (Lipinski definition) is 13. The predicted octanol–water partition coefficient (Wildman–Crippen LogP) is 3.37. The van der Waals surface area contributed by atoms with Crippen LogP contribution in [-0.4, -0.2) is 137 Å². The summed E-state index contributed by atoms with van der Waals surface area (Å²) in [6.45, 7) is 15.7. The van der Waals surface area contributed by atoms with Crippen LogP contribution in [0.15, 0.2) is 11.6 Å². The maximum Gasteiger partial charge on any atom is 0.311 e. The van der Waals surface area contributed by atoms with Crippen LogP contribution in [0.3, 0.4) is 0 Å². The Morgan fingerprint density at radius 1 is 0.887 bits per heavy atom. The third-order valence-electron chi connectivity index (χ3n) is 12.7. The van der Waals surface area contributed by atoms with E-state index in [1.807, 2.05) is 32.0 Å². The largest absolute Gasteiger partial charge is 0.457 e. The molecule has 0 aromatic rings. The molecule has 0 spiro atoms. The third-order valence-corrected chi connectivity index (χ3v) is 12.7. The van der Waals surface area contributed by atoms with Gasteiger partial charge in [-0.1, -0.05) is 33.8 Å². The summed E-state index contributed by atoms with van der Waals surface area (Å²) in [7, 11) is 5.25. The van der Waals surface area contributed by atoms with Gasteiger partial charge in [-0.2, -0.15) is 0 Å². The van der Waals surface area contributed by atoms with E-state index >= 15 is 0 Å². The lowest BCUT2D eigenvalue weighted by Gasteiger charge is -2.49. The van der Waals surface area contributed by atoms with Crippen LogP contribution in [0.4, 0.5) is 0 Å². The number of nitrogens with zero attached hydrogens (tertiary/aromatic N) is 1. The number of carbonyl (C=O) groups excluding carboxylic acids is 2. The number of cyclic esters (lactones) is 1. The highest BCUT2D eigenvalue weighted by Crippen LogP contribution is 2.41. The van der Waals surface area contributed by atoms with Crippen molar-refractivity contribution in [2.75, 3.05) is 21.2 Å². The van der Waals surface area contributed by atoms with E-state index in [9.17, 15) is 30.0 Å². The first-order valence-electron chi connectivity index (χ1n) is 19.7. The second kappa shape index (κ2) is 17.7. The second-order valence-electron chi connectivity index (χ2n) is 17.3. The van der Waals surface area contributed by atoms with Crippen LogP contribution in [0.2, 0.25) is 0 Å². The molecule has 0 bridgehead atoms. The Bertz CT molecular complexity index is 1280. The minimum Gasteiger partial charge on any atom is -0.457 e. The molecule has 1 aliphatic carbocycles. The number of Topliss-reactive ketones (excluding diaryl/α,β-unsaturated/α-hetero) is 1. The smallest absolute Gasteiger partial charge is 0.311 e. The summed E-state index contributed by atoms with van der Waals surface area (Å²) in [4.78, 5) is 30.3. The molecule has 3 fully saturated rings.